The molecule has 0 radical (unpaired) electrons. The number of carbonyl (C=O) groups excluding carboxylic acids is 2. The molecule has 2 aromatic rings. The van der Waals surface area contributed by atoms with Crippen molar-refractivity contribution in [3.63, 3.8) is 0 Å². The van der Waals surface area contributed by atoms with Crippen LogP contribution in [-0.4, -0.2) is 61.4 Å². The highest BCUT2D eigenvalue weighted by Crippen LogP contribution is 2.36. The molecule has 0 aromatic heterocycles. The molecule has 1 fully saturated rings. The van der Waals surface area contributed by atoms with Gasteiger partial charge in [0.05, 0.1) is 18.4 Å². The second kappa shape index (κ2) is 8.73. The van der Waals surface area contributed by atoms with Crippen molar-refractivity contribution in [3.05, 3.63) is 64.3 Å². The van der Waals surface area contributed by atoms with Crippen LogP contribution in [0.25, 0.3) is 5.57 Å². The van der Waals surface area contributed by atoms with Crippen molar-refractivity contribution in [3.8, 4) is 5.75 Å². The number of benzene rings is 2. The molecular formula is C24H26ClN3O3. The molecule has 0 saturated carbocycles. The zero-order chi connectivity index (χ0) is 22.1. The van der Waals surface area contributed by atoms with Gasteiger partial charge in [0.15, 0.2) is 0 Å². The Kier molecular flexibility index (Phi) is 6.03. The molecule has 2 aliphatic heterocycles. The van der Waals surface area contributed by atoms with Crippen molar-refractivity contribution in [2.24, 2.45) is 0 Å². The molecule has 4 rings (SSSR count). The summed E-state index contributed by atoms with van der Waals surface area (Å²) < 4.78 is 5.25. The highest BCUT2D eigenvalue weighted by Gasteiger charge is 2.43. The zero-order valence-electron chi connectivity index (χ0n) is 18.0. The van der Waals surface area contributed by atoms with Crippen LogP contribution in [0.15, 0.2) is 48.2 Å². The van der Waals surface area contributed by atoms with Gasteiger partial charge in [-0.25, -0.2) is 4.90 Å². The first-order valence-electron chi connectivity index (χ1n) is 10.5. The number of ether oxygens (including phenoxy) is 1. The number of anilines is 1. The quantitative estimate of drug-likeness (QED) is 0.666. The molecule has 2 heterocycles. The second-order valence-corrected chi connectivity index (χ2v) is 8.16. The van der Waals surface area contributed by atoms with Gasteiger partial charge in [0, 0.05) is 31.2 Å². The Hall–Kier alpha value is -2.83. The number of hydrogen-bond donors (Lipinski definition) is 0. The number of amides is 2. The van der Waals surface area contributed by atoms with Gasteiger partial charge in [0.25, 0.3) is 11.8 Å². The molecule has 0 aliphatic carbocycles. The Bertz CT molecular complexity index is 1040. The van der Waals surface area contributed by atoms with E-state index < -0.39 is 0 Å². The van der Waals surface area contributed by atoms with E-state index in [9.17, 15) is 9.59 Å². The van der Waals surface area contributed by atoms with Crippen LogP contribution in [0.5, 0.6) is 5.75 Å². The minimum atomic E-state index is -0.331. The summed E-state index contributed by atoms with van der Waals surface area (Å²) in [6, 6.07) is 12.5. The first-order valence-corrected chi connectivity index (χ1v) is 10.8. The van der Waals surface area contributed by atoms with Crippen LogP contribution in [0.4, 0.5) is 5.69 Å². The molecule has 0 unspecified atom stereocenters. The van der Waals surface area contributed by atoms with Gasteiger partial charge in [-0.15, -0.1) is 0 Å². The molecular weight excluding hydrogens is 414 g/mol. The molecule has 31 heavy (non-hydrogen) atoms. The number of likely N-dealkylation sites (N-methyl/N-ethyl adjacent to an activating group) is 1. The predicted molar refractivity (Wildman–Crippen MR) is 122 cm³/mol. The zero-order valence-corrected chi connectivity index (χ0v) is 18.8. The van der Waals surface area contributed by atoms with Crippen LogP contribution < -0.4 is 9.64 Å². The van der Waals surface area contributed by atoms with E-state index in [1.54, 1.807) is 31.4 Å². The summed E-state index contributed by atoms with van der Waals surface area (Å²) in [4.78, 5) is 32.8. The summed E-state index contributed by atoms with van der Waals surface area (Å²) >= 11 is 6.30. The standard InChI is InChI=1S/C24H26ClN3O3/c1-4-26-11-13-27(14-12-26)22-21(17-6-9-19(31-3)10-7-17)23(29)28(24(22)30)18-8-5-16(2)20(25)15-18/h5-10,15H,4,11-14H2,1-3H3. The van der Waals surface area contributed by atoms with E-state index in [2.05, 4.69) is 11.8 Å². The van der Waals surface area contributed by atoms with Gasteiger partial charge in [0.1, 0.15) is 11.4 Å². The number of nitrogens with zero attached hydrogens (tertiary/aromatic N) is 3. The second-order valence-electron chi connectivity index (χ2n) is 7.75. The van der Waals surface area contributed by atoms with E-state index in [-0.39, 0.29) is 11.8 Å². The number of methoxy groups -OCH3 is 1. The number of hydrogen-bond acceptors (Lipinski definition) is 5. The third-order valence-electron chi connectivity index (χ3n) is 5.99. The fourth-order valence-corrected chi connectivity index (χ4v) is 4.25. The Labute approximate surface area is 187 Å². The molecule has 0 N–H and O–H groups in total. The van der Waals surface area contributed by atoms with E-state index in [0.717, 1.165) is 25.2 Å². The lowest BCUT2D eigenvalue weighted by molar-refractivity contribution is -0.120. The highest BCUT2D eigenvalue weighted by atomic mass is 35.5. The highest BCUT2D eigenvalue weighted by molar-refractivity contribution is 6.45. The minimum absolute atomic E-state index is 0.305. The molecule has 162 valence electrons. The molecule has 0 atom stereocenters. The molecule has 0 spiro atoms. The van der Waals surface area contributed by atoms with Crippen molar-refractivity contribution in [1.82, 2.24) is 9.80 Å². The van der Waals surface area contributed by atoms with Crippen LogP contribution in [-0.2, 0) is 9.59 Å². The van der Waals surface area contributed by atoms with E-state index >= 15 is 0 Å². The third-order valence-corrected chi connectivity index (χ3v) is 6.39. The van der Waals surface area contributed by atoms with Gasteiger partial charge in [-0.05, 0) is 48.9 Å². The van der Waals surface area contributed by atoms with Crippen LogP contribution in [0.2, 0.25) is 5.02 Å². The molecule has 2 aromatic carbocycles. The van der Waals surface area contributed by atoms with Crippen LogP contribution in [0.1, 0.15) is 18.1 Å². The molecule has 1 saturated heterocycles. The van der Waals surface area contributed by atoms with Crippen molar-refractivity contribution in [2.75, 3.05) is 44.7 Å². The summed E-state index contributed by atoms with van der Waals surface area (Å²) in [5, 5.41) is 0.522. The summed E-state index contributed by atoms with van der Waals surface area (Å²) in [5.41, 5.74) is 2.97. The van der Waals surface area contributed by atoms with Crippen molar-refractivity contribution >= 4 is 34.7 Å². The lowest BCUT2D eigenvalue weighted by atomic mass is 10.0. The van der Waals surface area contributed by atoms with E-state index in [4.69, 9.17) is 16.3 Å². The van der Waals surface area contributed by atoms with E-state index in [1.165, 1.54) is 4.90 Å². The molecule has 6 nitrogen and oxygen atoms in total. The van der Waals surface area contributed by atoms with Gasteiger partial charge in [-0.2, -0.15) is 0 Å². The maximum absolute atomic E-state index is 13.6. The average molecular weight is 440 g/mol. The van der Waals surface area contributed by atoms with E-state index in [0.29, 0.717) is 46.4 Å². The number of piperazine rings is 1. The lowest BCUT2D eigenvalue weighted by Crippen LogP contribution is -2.47. The predicted octanol–water partition coefficient (Wildman–Crippen LogP) is 3.58. The normalized spacial score (nSPS) is 17.7. The monoisotopic (exact) mass is 439 g/mol. The molecule has 7 heteroatoms. The first kappa shape index (κ1) is 21.4. The Morgan fingerprint density at radius 1 is 0.968 bits per heavy atom. The van der Waals surface area contributed by atoms with Gasteiger partial charge in [-0.1, -0.05) is 36.7 Å². The maximum atomic E-state index is 13.6. The maximum Gasteiger partial charge on any atom is 0.282 e. The summed E-state index contributed by atoms with van der Waals surface area (Å²) in [7, 11) is 1.60. The van der Waals surface area contributed by atoms with E-state index in [1.807, 2.05) is 30.0 Å². The summed E-state index contributed by atoms with van der Waals surface area (Å²) in [6.07, 6.45) is 0. The fraction of sp³-hybridized carbons (Fsp3) is 0.333. The number of carbonyl (C=O) groups is 2. The summed E-state index contributed by atoms with van der Waals surface area (Å²) in [6.45, 7) is 8.10. The number of aryl methyl sites for hydroxylation is 1. The number of rotatable bonds is 5. The first-order chi connectivity index (χ1) is 14.9. The Balaban J connectivity index is 1.77. The Morgan fingerprint density at radius 3 is 2.23 bits per heavy atom. The molecule has 0 bridgehead atoms. The number of imide groups is 1. The molecule has 2 aliphatic rings. The van der Waals surface area contributed by atoms with Crippen molar-refractivity contribution in [2.45, 2.75) is 13.8 Å². The van der Waals surface area contributed by atoms with Crippen molar-refractivity contribution in [1.29, 1.82) is 0 Å². The molecule has 2 amide bonds. The van der Waals surface area contributed by atoms with Gasteiger partial charge >= 0.3 is 0 Å². The Morgan fingerprint density at radius 2 is 1.65 bits per heavy atom. The average Bonchev–Trinajstić information content (AvgIpc) is 3.05. The SMILES string of the molecule is CCN1CCN(C2=C(c3ccc(OC)cc3)C(=O)N(c3ccc(C)c(Cl)c3)C2=O)CC1. The van der Waals surface area contributed by atoms with Crippen LogP contribution in [0, 0.1) is 6.92 Å². The lowest BCUT2D eigenvalue weighted by Gasteiger charge is -2.36. The van der Waals surface area contributed by atoms with Gasteiger partial charge in [0.2, 0.25) is 0 Å². The van der Waals surface area contributed by atoms with Gasteiger partial charge < -0.3 is 14.5 Å². The topological polar surface area (TPSA) is 53.1 Å². The third kappa shape index (κ3) is 3.93. The van der Waals surface area contributed by atoms with Crippen molar-refractivity contribution < 1.29 is 14.3 Å². The van der Waals surface area contributed by atoms with Gasteiger partial charge in [-0.3, -0.25) is 9.59 Å². The largest absolute Gasteiger partial charge is 0.497 e. The minimum Gasteiger partial charge on any atom is -0.497 e. The number of halogens is 1. The van der Waals surface area contributed by atoms with Crippen LogP contribution >= 0.6 is 11.6 Å². The fourth-order valence-electron chi connectivity index (χ4n) is 4.07. The van der Waals surface area contributed by atoms with Crippen LogP contribution in [0.3, 0.4) is 0 Å². The summed E-state index contributed by atoms with van der Waals surface area (Å²) in [5.74, 6) is 0.0603. The smallest absolute Gasteiger partial charge is 0.282 e.